The Labute approximate surface area is 190 Å². The molecular formula is C24H21ClN2O5. The quantitative estimate of drug-likeness (QED) is 0.297. The number of benzene rings is 2. The lowest BCUT2D eigenvalue weighted by atomic mass is 10.2. The van der Waals surface area contributed by atoms with Gasteiger partial charge in [0.15, 0.2) is 11.5 Å². The molecule has 0 aliphatic heterocycles. The number of hydrogen-bond acceptors (Lipinski definition) is 6. The summed E-state index contributed by atoms with van der Waals surface area (Å²) in [7, 11) is 1.48. The minimum atomic E-state index is -0.470. The second-order valence-electron chi connectivity index (χ2n) is 6.59. The number of halogens is 1. The highest BCUT2D eigenvalue weighted by Crippen LogP contribution is 2.33. The van der Waals surface area contributed by atoms with Crippen LogP contribution in [0.3, 0.4) is 0 Å². The smallest absolute Gasteiger partial charge is 0.308 e. The van der Waals surface area contributed by atoms with Crippen LogP contribution in [0.5, 0.6) is 17.2 Å². The number of nitrogens with zero attached hydrogens (tertiary/aromatic N) is 1. The SMILES string of the molecule is COc1ccc(/C=C/C(=O)Nc2cccc(OCc3ccncc3)c2Cl)cc1OC(C)=O. The Balaban J connectivity index is 1.67. The second-order valence-corrected chi connectivity index (χ2v) is 6.97. The number of aromatic nitrogens is 1. The van der Waals surface area contributed by atoms with Crippen molar-refractivity contribution < 1.29 is 23.8 Å². The molecule has 0 radical (unpaired) electrons. The third-order valence-corrected chi connectivity index (χ3v) is 4.62. The molecule has 0 saturated heterocycles. The molecule has 32 heavy (non-hydrogen) atoms. The molecule has 7 nitrogen and oxygen atoms in total. The molecule has 8 heteroatoms. The molecule has 0 spiro atoms. The lowest BCUT2D eigenvalue weighted by molar-refractivity contribution is -0.132. The van der Waals surface area contributed by atoms with E-state index in [1.54, 1.807) is 54.9 Å². The summed E-state index contributed by atoms with van der Waals surface area (Å²) in [6.07, 6.45) is 6.29. The van der Waals surface area contributed by atoms with Crippen LogP contribution < -0.4 is 19.5 Å². The predicted molar refractivity (Wildman–Crippen MR) is 122 cm³/mol. The van der Waals surface area contributed by atoms with Gasteiger partial charge in [-0.25, -0.2) is 0 Å². The first-order chi connectivity index (χ1) is 15.5. The first-order valence-corrected chi connectivity index (χ1v) is 10.00. The number of hydrogen-bond donors (Lipinski definition) is 1. The molecule has 1 aromatic heterocycles. The number of methoxy groups -OCH3 is 1. The highest BCUT2D eigenvalue weighted by atomic mass is 35.5. The lowest BCUT2D eigenvalue weighted by Crippen LogP contribution is -2.08. The van der Waals surface area contributed by atoms with E-state index in [-0.39, 0.29) is 11.7 Å². The summed E-state index contributed by atoms with van der Waals surface area (Å²) in [5.41, 5.74) is 2.02. The number of amides is 1. The molecule has 2 aromatic carbocycles. The fraction of sp³-hybridized carbons (Fsp3) is 0.125. The molecule has 1 N–H and O–H groups in total. The van der Waals surface area contributed by atoms with Crippen molar-refractivity contribution in [2.24, 2.45) is 0 Å². The van der Waals surface area contributed by atoms with Crippen molar-refractivity contribution >= 4 is 35.2 Å². The number of esters is 1. The van der Waals surface area contributed by atoms with Gasteiger partial charge in [-0.3, -0.25) is 14.6 Å². The largest absolute Gasteiger partial charge is 0.493 e. The molecule has 0 fully saturated rings. The summed E-state index contributed by atoms with van der Waals surface area (Å²) < 4.78 is 16.1. The van der Waals surface area contributed by atoms with Crippen LogP contribution in [0.1, 0.15) is 18.1 Å². The highest BCUT2D eigenvalue weighted by Gasteiger charge is 2.10. The predicted octanol–water partition coefficient (Wildman–Crippen LogP) is 4.90. The second kappa shape index (κ2) is 11.0. The van der Waals surface area contributed by atoms with E-state index in [0.29, 0.717) is 34.4 Å². The number of anilines is 1. The van der Waals surface area contributed by atoms with E-state index in [9.17, 15) is 9.59 Å². The van der Waals surface area contributed by atoms with Gasteiger partial charge in [0, 0.05) is 25.4 Å². The molecule has 164 valence electrons. The average molecular weight is 453 g/mol. The monoisotopic (exact) mass is 452 g/mol. The minimum Gasteiger partial charge on any atom is -0.493 e. The maximum absolute atomic E-state index is 12.4. The Bertz CT molecular complexity index is 1130. The molecule has 0 aliphatic rings. The number of ether oxygens (including phenoxy) is 3. The minimum absolute atomic E-state index is 0.268. The fourth-order valence-electron chi connectivity index (χ4n) is 2.74. The molecule has 1 heterocycles. The zero-order valence-electron chi connectivity index (χ0n) is 17.5. The zero-order valence-corrected chi connectivity index (χ0v) is 18.3. The van der Waals surface area contributed by atoms with Crippen LogP contribution in [0.25, 0.3) is 6.08 Å². The molecule has 0 unspecified atom stereocenters. The van der Waals surface area contributed by atoms with Crippen molar-refractivity contribution in [1.82, 2.24) is 4.98 Å². The van der Waals surface area contributed by atoms with Gasteiger partial charge >= 0.3 is 5.97 Å². The first-order valence-electron chi connectivity index (χ1n) is 9.62. The van der Waals surface area contributed by atoms with Crippen LogP contribution >= 0.6 is 11.6 Å². The van der Waals surface area contributed by atoms with Crippen molar-refractivity contribution in [2.45, 2.75) is 13.5 Å². The Morgan fingerprint density at radius 1 is 1.06 bits per heavy atom. The van der Waals surface area contributed by atoms with Gasteiger partial charge in [0.05, 0.1) is 12.8 Å². The molecule has 0 saturated carbocycles. The van der Waals surface area contributed by atoms with E-state index in [1.807, 2.05) is 12.1 Å². The molecule has 3 rings (SSSR count). The Hall–Kier alpha value is -3.84. The Kier molecular flexibility index (Phi) is 7.83. The average Bonchev–Trinajstić information content (AvgIpc) is 2.79. The van der Waals surface area contributed by atoms with E-state index in [4.69, 9.17) is 25.8 Å². The van der Waals surface area contributed by atoms with Crippen LogP contribution in [0.4, 0.5) is 5.69 Å². The van der Waals surface area contributed by atoms with Crippen LogP contribution in [0.2, 0.25) is 5.02 Å². The van der Waals surface area contributed by atoms with Crippen LogP contribution in [-0.4, -0.2) is 24.0 Å². The van der Waals surface area contributed by atoms with Gasteiger partial charge < -0.3 is 19.5 Å². The van der Waals surface area contributed by atoms with Crippen molar-refractivity contribution in [2.75, 3.05) is 12.4 Å². The van der Waals surface area contributed by atoms with Gasteiger partial charge in [-0.05, 0) is 53.6 Å². The molecule has 1 amide bonds. The molecule has 0 bridgehead atoms. The summed E-state index contributed by atoms with van der Waals surface area (Å²) >= 11 is 6.40. The molecule has 0 atom stereocenters. The highest BCUT2D eigenvalue weighted by molar-refractivity contribution is 6.35. The summed E-state index contributed by atoms with van der Waals surface area (Å²) in [4.78, 5) is 27.6. The third-order valence-electron chi connectivity index (χ3n) is 4.23. The van der Waals surface area contributed by atoms with Crippen LogP contribution in [-0.2, 0) is 16.2 Å². The van der Waals surface area contributed by atoms with E-state index in [0.717, 1.165) is 5.56 Å². The van der Waals surface area contributed by atoms with Gasteiger partial charge in [-0.2, -0.15) is 0 Å². The Morgan fingerprint density at radius 3 is 2.56 bits per heavy atom. The van der Waals surface area contributed by atoms with Gasteiger partial charge in [-0.1, -0.05) is 23.7 Å². The summed E-state index contributed by atoms with van der Waals surface area (Å²) in [5.74, 6) is 0.277. The van der Waals surface area contributed by atoms with E-state index in [2.05, 4.69) is 10.3 Å². The van der Waals surface area contributed by atoms with Crippen molar-refractivity contribution in [3.63, 3.8) is 0 Å². The molecular weight excluding hydrogens is 432 g/mol. The van der Waals surface area contributed by atoms with Gasteiger partial charge in [0.1, 0.15) is 17.4 Å². The fourth-order valence-corrected chi connectivity index (χ4v) is 2.96. The van der Waals surface area contributed by atoms with E-state index >= 15 is 0 Å². The van der Waals surface area contributed by atoms with Gasteiger partial charge in [0.25, 0.3) is 0 Å². The lowest BCUT2D eigenvalue weighted by Gasteiger charge is -2.11. The zero-order chi connectivity index (χ0) is 22.9. The number of carbonyl (C=O) groups is 2. The van der Waals surface area contributed by atoms with Crippen molar-refractivity contribution in [3.8, 4) is 17.2 Å². The van der Waals surface area contributed by atoms with Crippen molar-refractivity contribution in [1.29, 1.82) is 0 Å². The number of rotatable bonds is 8. The summed E-state index contributed by atoms with van der Waals surface area (Å²) in [5, 5.41) is 3.03. The van der Waals surface area contributed by atoms with Gasteiger partial charge in [-0.15, -0.1) is 0 Å². The number of nitrogens with one attached hydrogen (secondary N) is 1. The van der Waals surface area contributed by atoms with Crippen molar-refractivity contribution in [3.05, 3.63) is 83.2 Å². The molecule has 3 aromatic rings. The van der Waals surface area contributed by atoms with E-state index < -0.39 is 5.97 Å². The standard InChI is InChI=1S/C24H21ClN2O5/c1-16(28)32-22-14-17(6-8-20(22)30-2)7-9-23(29)27-19-4-3-5-21(24(19)25)31-15-18-10-12-26-13-11-18/h3-14H,15H2,1-2H3,(H,27,29)/b9-7+. The Morgan fingerprint density at radius 2 is 1.84 bits per heavy atom. The van der Waals surface area contributed by atoms with Crippen LogP contribution in [0, 0.1) is 0 Å². The third kappa shape index (κ3) is 6.33. The summed E-state index contributed by atoms with van der Waals surface area (Å²) in [6, 6.07) is 13.8. The van der Waals surface area contributed by atoms with Gasteiger partial charge in [0.2, 0.25) is 5.91 Å². The van der Waals surface area contributed by atoms with Crippen LogP contribution in [0.15, 0.2) is 67.0 Å². The summed E-state index contributed by atoms with van der Waals surface area (Å²) in [6.45, 7) is 1.62. The molecule has 0 aliphatic carbocycles. The number of pyridine rings is 1. The maximum atomic E-state index is 12.4. The normalized spacial score (nSPS) is 10.6. The maximum Gasteiger partial charge on any atom is 0.308 e. The number of carbonyl (C=O) groups excluding carboxylic acids is 2. The topological polar surface area (TPSA) is 86.8 Å². The van der Waals surface area contributed by atoms with E-state index in [1.165, 1.54) is 20.1 Å². The first kappa shape index (κ1) is 22.8.